The minimum atomic E-state index is -3.52. The summed E-state index contributed by atoms with van der Waals surface area (Å²) in [6.45, 7) is 3.75. The molecule has 0 spiro atoms. The highest BCUT2D eigenvalue weighted by atomic mass is 32.2. The number of carbonyl (C=O) groups is 1. The number of hydrogen-bond donors (Lipinski definition) is 1. The first kappa shape index (κ1) is 18.1. The highest BCUT2D eigenvalue weighted by molar-refractivity contribution is 7.88. The number of hydrogen-bond acceptors (Lipinski definition) is 4. The molecule has 0 aliphatic rings. The molecule has 0 unspecified atom stereocenters. The molecule has 1 amide bonds. The number of amides is 1. The number of aromatic nitrogens is 1. The molecule has 0 saturated carbocycles. The van der Waals surface area contributed by atoms with Crippen LogP contribution >= 0.6 is 0 Å². The molecule has 0 fully saturated rings. The zero-order chi connectivity index (χ0) is 17.7. The van der Waals surface area contributed by atoms with Crippen molar-refractivity contribution >= 4 is 21.6 Å². The summed E-state index contributed by atoms with van der Waals surface area (Å²) < 4.78 is 25.1. The zero-order valence-electron chi connectivity index (χ0n) is 14.0. The predicted octanol–water partition coefficient (Wildman–Crippen LogP) is 2.10. The molecule has 0 atom stereocenters. The molecule has 7 heteroatoms. The van der Waals surface area contributed by atoms with Gasteiger partial charge >= 0.3 is 0 Å². The Kier molecular flexibility index (Phi) is 5.69. The highest BCUT2D eigenvalue weighted by Gasteiger charge is 2.21. The fourth-order valence-electron chi connectivity index (χ4n) is 2.22. The van der Waals surface area contributed by atoms with E-state index in [1.165, 1.54) is 0 Å². The quantitative estimate of drug-likeness (QED) is 0.868. The molecule has 0 aliphatic carbocycles. The van der Waals surface area contributed by atoms with E-state index in [2.05, 4.69) is 10.3 Å². The summed E-state index contributed by atoms with van der Waals surface area (Å²) in [6.07, 6.45) is 4.28. The maximum atomic E-state index is 12.3. The number of pyridine rings is 1. The number of benzene rings is 1. The lowest BCUT2D eigenvalue weighted by molar-refractivity contribution is -0.116. The molecular formula is C17H21N3O3S. The molecule has 0 saturated heterocycles. The van der Waals surface area contributed by atoms with Gasteiger partial charge in [-0.15, -0.1) is 0 Å². The van der Waals surface area contributed by atoms with Gasteiger partial charge in [0.15, 0.2) is 0 Å². The van der Waals surface area contributed by atoms with Crippen LogP contribution in [-0.4, -0.2) is 36.4 Å². The molecule has 2 aromatic rings. The topological polar surface area (TPSA) is 79.4 Å². The minimum Gasteiger partial charge on any atom is -0.325 e. The van der Waals surface area contributed by atoms with Crippen LogP contribution < -0.4 is 5.32 Å². The van der Waals surface area contributed by atoms with E-state index in [-0.39, 0.29) is 19.0 Å². The maximum Gasteiger partial charge on any atom is 0.239 e. The van der Waals surface area contributed by atoms with Crippen molar-refractivity contribution in [1.82, 2.24) is 9.29 Å². The molecule has 0 aliphatic heterocycles. The molecule has 0 bridgehead atoms. The van der Waals surface area contributed by atoms with Crippen LogP contribution in [0.5, 0.6) is 0 Å². The predicted molar refractivity (Wildman–Crippen MR) is 94.0 cm³/mol. The SMILES string of the molecule is Cc1cccc(NC(=O)CN(Cc2ccncc2)S(C)(=O)=O)c1C. The molecule has 128 valence electrons. The summed E-state index contributed by atoms with van der Waals surface area (Å²) in [4.78, 5) is 16.2. The molecule has 1 aromatic carbocycles. The normalized spacial score (nSPS) is 11.5. The molecule has 1 heterocycles. The van der Waals surface area contributed by atoms with Crippen molar-refractivity contribution in [2.45, 2.75) is 20.4 Å². The van der Waals surface area contributed by atoms with Gasteiger partial charge in [0.1, 0.15) is 0 Å². The summed E-state index contributed by atoms with van der Waals surface area (Å²) >= 11 is 0. The smallest absolute Gasteiger partial charge is 0.239 e. The summed E-state index contributed by atoms with van der Waals surface area (Å²) in [5.41, 5.74) is 3.49. The van der Waals surface area contributed by atoms with E-state index in [4.69, 9.17) is 0 Å². The van der Waals surface area contributed by atoms with Crippen LogP contribution in [0.25, 0.3) is 0 Å². The summed E-state index contributed by atoms with van der Waals surface area (Å²) in [6, 6.07) is 9.05. The lowest BCUT2D eigenvalue weighted by Crippen LogP contribution is -2.37. The second-order valence-corrected chi connectivity index (χ2v) is 7.66. The van der Waals surface area contributed by atoms with Crippen molar-refractivity contribution in [2.24, 2.45) is 0 Å². The van der Waals surface area contributed by atoms with Crippen LogP contribution in [0.2, 0.25) is 0 Å². The Labute approximate surface area is 142 Å². The van der Waals surface area contributed by atoms with Crippen LogP contribution in [-0.2, 0) is 21.4 Å². The average Bonchev–Trinajstić information content (AvgIpc) is 2.51. The van der Waals surface area contributed by atoms with Crippen molar-refractivity contribution in [2.75, 3.05) is 18.1 Å². The second kappa shape index (κ2) is 7.55. The molecule has 1 N–H and O–H groups in total. The van der Waals surface area contributed by atoms with E-state index >= 15 is 0 Å². The second-order valence-electron chi connectivity index (χ2n) is 5.68. The Balaban J connectivity index is 2.12. The summed E-state index contributed by atoms with van der Waals surface area (Å²) in [5, 5.41) is 2.78. The number of nitrogens with zero attached hydrogens (tertiary/aromatic N) is 2. The highest BCUT2D eigenvalue weighted by Crippen LogP contribution is 2.18. The maximum absolute atomic E-state index is 12.3. The van der Waals surface area contributed by atoms with Gasteiger partial charge in [0.25, 0.3) is 0 Å². The first-order valence-electron chi connectivity index (χ1n) is 7.47. The number of sulfonamides is 1. The molecule has 1 aromatic heterocycles. The summed E-state index contributed by atoms with van der Waals surface area (Å²) in [5.74, 6) is -0.372. The molecule has 2 rings (SSSR count). The number of nitrogens with one attached hydrogen (secondary N) is 1. The Hall–Kier alpha value is -2.25. The van der Waals surface area contributed by atoms with Crippen LogP contribution in [0, 0.1) is 13.8 Å². The number of carbonyl (C=O) groups excluding carboxylic acids is 1. The van der Waals surface area contributed by atoms with Crippen molar-refractivity contribution in [3.8, 4) is 0 Å². The first-order valence-corrected chi connectivity index (χ1v) is 9.32. The van der Waals surface area contributed by atoms with Gasteiger partial charge in [-0.1, -0.05) is 12.1 Å². The number of aryl methyl sites for hydroxylation is 1. The van der Waals surface area contributed by atoms with E-state index in [1.54, 1.807) is 30.6 Å². The third kappa shape index (κ3) is 4.87. The van der Waals surface area contributed by atoms with Gasteiger partial charge in [-0.2, -0.15) is 4.31 Å². The van der Waals surface area contributed by atoms with Crippen LogP contribution in [0.15, 0.2) is 42.7 Å². The lowest BCUT2D eigenvalue weighted by Gasteiger charge is -2.20. The van der Waals surface area contributed by atoms with Crippen molar-refractivity contribution in [3.05, 3.63) is 59.4 Å². The largest absolute Gasteiger partial charge is 0.325 e. The molecule has 0 radical (unpaired) electrons. The Morgan fingerprint density at radius 2 is 1.83 bits per heavy atom. The van der Waals surface area contributed by atoms with Crippen LogP contribution in [0.1, 0.15) is 16.7 Å². The fourth-order valence-corrected chi connectivity index (χ4v) is 2.95. The minimum absolute atomic E-state index is 0.127. The zero-order valence-corrected chi connectivity index (χ0v) is 14.8. The molecular weight excluding hydrogens is 326 g/mol. The third-order valence-electron chi connectivity index (χ3n) is 3.78. The number of anilines is 1. The number of rotatable bonds is 6. The van der Waals surface area contributed by atoms with Crippen LogP contribution in [0.3, 0.4) is 0 Å². The van der Waals surface area contributed by atoms with Crippen molar-refractivity contribution < 1.29 is 13.2 Å². The van der Waals surface area contributed by atoms with Gasteiger partial charge < -0.3 is 5.32 Å². The van der Waals surface area contributed by atoms with Crippen molar-refractivity contribution in [1.29, 1.82) is 0 Å². The van der Waals surface area contributed by atoms with Gasteiger partial charge in [0.05, 0.1) is 12.8 Å². The van der Waals surface area contributed by atoms with Gasteiger partial charge in [-0.3, -0.25) is 9.78 Å². The van der Waals surface area contributed by atoms with E-state index in [0.717, 1.165) is 27.3 Å². The third-order valence-corrected chi connectivity index (χ3v) is 4.97. The Morgan fingerprint density at radius 3 is 2.46 bits per heavy atom. The lowest BCUT2D eigenvalue weighted by atomic mass is 10.1. The first-order chi connectivity index (χ1) is 11.3. The molecule has 24 heavy (non-hydrogen) atoms. The average molecular weight is 347 g/mol. The Bertz CT molecular complexity index is 820. The van der Waals surface area contributed by atoms with E-state index in [1.807, 2.05) is 26.0 Å². The van der Waals surface area contributed by atoms with Gasteiger partial charge in [-0.25, -0.2) is 8.42 Å². The standard InChI is InChI=1S/C17H21N3O3S/c1-13-5-4-6-16(14(13)2)19-17(21)12-20(24(3,22)23)11-15-7-9-18-10-8-15/h4-10H,11-12H2,1-3H3,(H,19,21). The molecule has 6 nitrogen and oxygen atoms in total. The monoisotopic (exact) mass is 347 g/mol. The van der Waals surface area contributed by atoms with E-state index in [9.17, 15) is 13.2 Å². The van der Waals surface area contributed by atoms with Gasteiger partial charge in [0, 0.05) is 24.6 Å². The summed E-state index contributed by atoms with van der Waals surface area (Å²) in [7, 11) is -3.52. The fraction of sp³-hybridized carbons (Fsp3) is 0.294. The van der Waals surface area contributed by atoms with Gasteiger partial charge in [-0.05, 0) is 48.7 Å². The van der Waals surface area contributed by atoms with Crippen LogP contribution in [0.4, 0.5) is 5.69 Å². The van der Waals surface area contributed by atoms with Crippen molar-refractivity contribution in [3.63, 3.8) is 0 Å². The Morgan fingerprint density at radius 1 is 1.17 bits per heavy atom. The van der Waals surface area contributed by atoms with E-state index in [0.29, 0.717) is 5.69 Å². The van der Waals surface area contributed by atoms with E-state index < -0.39 is 10.0 Å². The van der Waals surface area contributed by atoms with Gasteiger partial charge in [0.2, 0.25) is 15.9 Å².